The third-order valence-corrected chi connectivity index (χ3v) is 5.91. The van der Waals surface area contributed by atoms with Crippen LogP contribution in [0.15, 0.2) is 0 Å². The third-order valence-electron chi connectivity index (χ3n) is 5.91. The second kappa shape index (κ2) is 15.4. The summed E-state index contributed by atoms with van der Waals surface area (Å²) in [6.45, 7) is 14.3. The lowest BCUT2D eigenvalue weighted by Crippen LogP contribution is -2.40. The molecular formula is C25H48N2O5. The fraction of sp³-hybridized carbons (Fsp3) is 0.880. The summed E-state index contributed by atoms with van der Waals surface area (Å²) in [5.41, 5.74) is 0. The Morgan fingerprint density at radius 2 is 1.50 bits per heavy atom. The molecule has 0 atom stereocenters. The van der Waals surface area contributed by atoms with Crippen LogP contribution < -0.4 is 5.32 Å². The molecule has 1 aliphatic carbocycles. The summed E-state index contributed by atoms with van der Waals surface area (Å²) in [5.74, 6) is 1.12. The third kappa shape index (κ3) is 11.4. The minimum atomic E-state index is 0. The minimum Gasteiger partial charge on any atom is -0.379 e. The lowest BCUT2D eigenvalue weighted by atomic mass is 9.80. The number of rotatable bonds is 15. The minimum absolute atomic E-state index is 0. The molecule has 7 nitrogen and oxygen atoms in total. The number of ketones is 1. The molecule has 0 aromatic heterocycles. The van der Waals surface area contributed by atoms with Crippen LogP contribution in [0.2, 0.25) is 0 Å². The SMILES string of the molecule is CC(C)CC(=O)N(CCOCCOCCC(=O)NC1CCC(C(=O)C(C)C)CC1)C(C)C.[HH]. The van der Waals surface area contributed by atoms with Gasteiger partial charge in [0.05, 0.1) is 26.4 Å². The van der Waals surface area contributed by atoms with Gasteiger partial charge in [0.1, 0.15) is 5.78 Å². The molecule has 1 rings (SSSR count). The smallest absolute Gasteiger partial charge is 0.223 e. The van der Waals surface area contributed by atoms with Crippen molar-refractivity contribution in [1.29, 1.82) is 0 Å². The first-order chi connectivity index (χ1) is 15.1. The van der Waals surface area contributed by atoms with Crippen LogP contribution in [-0.4, -0.2) is 67.6 Å². The van der Waals surface area contributed by atoms with Crippen molar-refractivity contribution in [3.63, 3.8) is 0 Å². The number of hydrogen-bond acceptors (Lipinski definition) is 5. The van der Waals surface area contributed by atoms with Crippen LogP contribution in [0.4, 0.5) is 0 Å². The molecule has 188 valence electrons. The number of nitrogens with zero attached hydrogens (tertiary/aromatic N) is 1. The first kappa shape index (κ1) is 28.6. The van der Waals surface area contributed by atoms with E-state index in [0.29, 0.717) is 57.5 Å². The lowest BCUT2D eigenvalue weighted by Gasteiger charge is -2.29. The van der Waals surface area contributed by atoms with Gasteiger partial charge in [-0.05, 0) is 45.4 Å². The molecule has 1 saturated carbocycles. The van der Waals surface area contributed by atoms with Crippen LogP contribution in [0.25, 0.3) is 0 Å². The number of ether oxygens (including phenoxy) is 2. The van der Waals surface area contributed by atoms with E-state index in [2.05, 4.69) is 5.32 Å². The van der Waals surface area contributed by atoms with E-state index < -0.39 is 0 Å². The maximum Gasteiger partial charge on any atom is 0.223 e. The van der Waals surface area contributed by atoms with Crippen LogP contribution in [0.5, 0.6) is 0 Å². The van der Waals surface area contributed by atoms with Gasteiger partial charge in [0.25, 0.3) is 0 Å². The van der Waals surface area contributed by atoms with Gasteiger partial charge in [-0.1, -0.05) is 27.7 Å². The first-order valence-electron chi connectivity index (χ1n) is 12.4. The Hall–Kier alpha value is -1.47. The molecule has 0 unspecified atom stereocenters. The zero-order valence-electron chi connectivity index (χ0n) is 21.2. The molecule has 1 N–H and O–H groups in total. The van der Waals surface area contributed by atoms with Gasteiger partial charge in [0, 0.05) is 44.7 Å². The van der Waals surface area contributed by atoms with Gasteiger partial charge in [-0.2, -0.15) is 0 Å². The summed E-state index contributed by atoms with van der Waals surface area (Å²) in [7, 11) is 0. The number of carbonyl (C=O) groups is 3. The molecule has 1 fully saturated rings. The molecule has 0 saturated heterocycles. The van der Waals surface area contributed by atoms with E-state index in [1.54, 1.807) is 0 Å². The summed E-state index contributed by atoms with van der Waals surface area (Å²) < 4.78 is 11.1. The van der Waals surface area contributed by atoms with Crippen LogP contribution >= 0.6 is 0 Å². The highest BCUT2D eigenvalue weighted by atomic mass is 16.5. The Balaban J connectivity index is 0.0000102. The predicted molar refractivity (Wildman–Crippen MR) is 128 cm³/mol. The number of nitrogens with one attached hydrogen (secondary N) is 1. The molecule has 2 amide bonds. The monoisotopic (exact) mass is 456 g/mol. The van der Waals surface area contributed by atoms with E-state index in [9.17, 15) is 14.4 Å². The highest BCUT2D eigenvalue weighted by molar-refractivity contribution is 5.83. The second-order valence-electron chi connectivity index (χ2n) is 9.93. The van der Waals surface area contributed by atoms with E-state index in [1.807, 2.05) is 46.4 Å². The van der Waals surface area contributed by atoms with Crippen molar-refractivity contribution in [2.45, 2.75) is 92.2 Å². The fourth-order valence-electron chi connectivity index (χ4n) is 4.08. The quantitative estimate of drug-likeness (QED) is 0.379. The number of hydrogen-bond donors (Lipinski definition) is 1. The normalized spacial score (nSPS) is 18.9. The van der Waals surface area contributed by atoms with Gasteiger partial charge in [0.15, 0.2) is 0 Å². The van der Waals surface area contributed by atoms with E-state index in [4.69, 9.17) is 9.47 Å². The number of carbonyl (C=O) groups excluding carboxylic acids is 3. The van der Waals surface area contributed by atoms with E-state index in [1.165, 1.54) is 0 Å². The Kier molecular flexibility index (Phi) is 13.7. The average Bonchev–Trinajstić information content (AvgIpc) is 2.71. The average molecular weight is 457 g/mol. The van der Waals surface area contributed by atoms with Crippen molar-refractivity contribution < 1.29 is 25.3 Å². The summed E-state index contributed by atoms with van der Waals surface area (Å²) in [6, 6.07) is 0.328. The standard InChI is InChI=1S/C25H46N2O5.H2/c1-18(2)17-24(29)27(20(5)6)12-14-32-16-15-31-13-11-23(28)26-22-9-7-21(8-10-22)25(30)19(3)4;/h18-22H,7-17H2,1-6H3,(H,26,28);1H. The lowest BCUT2D eigenvalue weighted by molar-refractivity contribution is -0.134. The zero-order chi connectivity index (χ0) is 24.1. The molecule has 32 heavy (non-hydrogen) atoms. The predicted octanol–water partition coefficient (Wildman–Crippen LogP) is 3.84. The zero-order valence-corrected chi connectivity index (χ0v) is 21.2. The van der Waals surface area contributed by atoms with Gasteiger partial charge in [-0.3, -0.25) is 14.4 Å². The van der Waals surface area contributed by atoms with Crippen LogP contribution in [-0.2, 0) is 23.9 Å². The Labute approximate surface area is 196 Å². The molecule has 0 spiro atoms. The molecule has 1 aliphatic rings. The Morgan fingerprint density at radius 3 is 2.03 bits per heavy atom. The van der Waals surface area contributed by atoms with Crippen molar-refractivity contribution in [3.05, 3.63) is 0 Å². The topological polar surface area (TPSA) is 84.9 Å². The van der Waals surface area contributed by atoms with E-state index in [-0.39, 0.29) is 37.2 Å². The molecule has 0 aromatic rings. The first-order valence-corrected chi connectivity index (χ1v) is 12.4. The van der Waals surface area contributed by atoms with Crippen molar-refractivity contribution in [3.8, 4) is 0 Å². The van der Waals surface area contributed by atoms with Crippen LogP contribution in [0.3, 0.4) is 0 Å². The molecular weight excluding hydrogens is 408 g/mol. The van der Waals surface area contributed by atoms with Crippen molar-refractivity contribution in [1.82, 2.24) is 10.2 Å². The molecule has 0 aliphatic heterocycles. The maximum atomic E-state index is 12.3. The van der Waals surface area contributed by atoms with Crippen molar-refractivity contribution >= 4 is 17.6 Å². The van der Waals surface area contributed by atoms with Gasteiger partial charge in [-0.15, -0.1) is 0 Å². The summed E-state index contributed by atoms with van der Waals surface area (Å²) in [4.78, 5) is 38.3. The van der Waals surface area contributed by atoms with Gasteiger partial charge in [0.2, 0.25) is 11.8 Å². The van der Waals surface area contributed by atoms with E-state index in [0.717, 1.165) is 25.7 Å². The maximum absolute atomic E-state index is 12.3. The Bertz CT molecular complexity index is 575. The Morgan fingerprint density at radius 1 is 0.906 bits per heavy atom. The highest BCUT2D eigenvalue weighted by Crippen LogP contribution is 2.27. The molecule has 0 aromatic carbocycles. The molecule has 0 heterocycles. The molecule has 7 heteroatoms. The summed E-state index contributed by atoms with van der Waals surface area (Å²) in [5, 5.41) is 3.07. The van der Waals surface area contributed by atoms with Gasteiger partial charge < -0.3 is 19.7 Å². The van der Waals surface area contributed by atoms with Crippen LogP contribution in [0.1, 0.15) is 81.5 Å². The number of amides is 2. The number of Topliss-reactive ketones (excluding diaryl/α,β-unsaturated/α-hetero) is 1. The largest absolute Gasteiger partial charge is 0.379 e. The highest BCUT2D eigenvalue weighted by Gasteiger charge is 2.28. The van der Waals surface area contributed by atoms with Crippen LogP contribution in [0, 0.1) is 17.8 Å². The van der Waals surface area contributed by atoms with Gasteiger partial charge >= 0.3 is 0 Å². The molecule has 0 radical (unpaired) electrons. The van der Waals surface area contributed by atoms with E-state index >= 15 is 0 Å². The summed E-state index contributed by atoms with van der Waals surface area (Å²) in [6.07, 6.45) is 4.37. The van der Waals surface area contributed by atoms with Crippen molar-refractivity contribution in [2.75, 3.05) is 33.0 Å². The molecule has 0 bridgehead atoms. The summed E-state index contributed by atoms with van der Waals surface area (Å²) >= 11 is 0. The second-order valence-corrected chi connectivity index (χ2v) is 9.93. The van der Waals surface area contributed by atoms with Crippen molar-refractivity contribution in [2.24, 2.45) is 17.8 Å². The van der Waals surface area contributed by atoms with Gasteiger partial charge in [-0.25, -0.2) is 0 Å². The fourth-order valence-corrected chi connectivity index (χ4v) is 4.08.